The Morgan fingerprint density at radius 1 is 1.28 bits per heavy atom. The molecule has 0 unspecified atom stereocenters. The van der Waals surface area contributed by atoms with E-state index in [2.05, 4.69) is 25.6 Å². The Morgan fingerprint density at radius 3 is 2.68 bits per heavy atom. The molecule has 3 heterocycles. The van der Waals surface area contributed by atoms with Crippen LogP contribution in [0.5, 0.6) is 0 Å². The van der Waals surface area contributed by atoms with E-state index in [0.29, 0.717) is 11.0 Å². The van der Waals surface area contributed by atoms with E-state index in [4.69, 9.17) is 0 Å². The molecule has 3 aromatic heterocycles. The van der Waals surface area contributed by atoms with Gasteiger partial charge in [-0.15, -0.1) is 10.2 Å². The Bertz CT molecular complexity index is 872. The standard InChI is InChI=1S/C16H19N7OS/c1-4-23-15(12-5-7-17-8-6-12)19-20-16(23)25-10-14(24)18-13-9-11(2)21-22(13)3/h5-9H,4,10H2,1-3H3,(H,18,24). The van der Waals surface area contributed by atoms with Gasteiger partial charge >= 0.3 is 0 Å². The summed E-state index contributed by atoms with van der Waals surface area (Å²) in [5, 5.41) is 16.3. The summed E-state index contributed by atoms with van der Waals surface area (Å²) in [7, 11) is 1.80. The van der Waals surface area contributed by atoms with Crippen LogP contribution in [-0.2, 0) is 18.4 Å². The molecule has 1 N–H and O–H groups in total. The van der Waals surface area contributed by atoms with Gasteiger partial charge in [0.1, 0.15) is 5.82 Å². The van der Waals surface area contributed by atoms with Crippen LogP contribution in [0.25, 0.3) is 11.4 Å². The van der Waals surface area contributed by atoms with E-state index in [-0.39, 0.29) is 11.7 Å². The van der Waals surface area contributed by atoms with Gasteiger partial charge in [-0.25, -0.2) is 0 Å². The average Bonchev–Trinajstić information content (AvgIpc) is 3.16. The van der Waals surface area contributed by atoms with Crippen molar-refractivity contribution in [3.8, 4) is 11.4 Å². The highest BCUT2D eigenvalue weighted by Crippen LogP contribution is 2.23. The Labute approximate surface area is 149 Å². The predicted octanol–water partition coefficient (Wildman–Crippen LogP) is 2.13. The molecule has 0 aliphatic rings. The Morgan fingerprint density at radius 2 is 2.04 bits per heavy atom. The number of amides is 1. The van der Waals surface area contributed by atoms with Gasteiger partial charge in [0.15, 0.2) is 11.0 Å². The third-order valence-corrected chi connectivity index (χ3v) is 4.54. The number of aryl methyl sites for hydroxylation is 2. The van der Waals surface area contributed by atoms with Crippen molar-refractivity contribution >= 4 is 23.5 Å². The number of carbonyl (C=O) groups is 1. The summed E-state index contributed by atoms with van der Waals surface area (Å²) in [5.41, 5.74) is 1.81. The predicted molar refractivity (Wildman–Crippen MR) is 96.2 cm³/mol. The van der Waals surface area contributed by atoms with Gasteiger partial charge in [0.25, 0.3) is 0 Å². The van der Waals surface area contributed by atoms with Crippen LogP contribution in [0.3, 0.4) is 0 Å². The summed E-state index contributed by atoms with van der Waals surface area (Å²) in [6, 6.07) is 5.61. The van der Waals surface area contributed by atoms with Gasteiger partial charge in [0, 0.05) is 37.6 Å². The minimum atomic E-state index is -0.107. The normalized spacial score (nSPS) is 10.8. The zero-order valence-corrected chi connectivity index (χ0v) is 15.1. The van der Waals surface area contributed by atoms with Crippen LogP contribution < -0.4 is 5.32 Å². The molecule has 25 heavy (non-hydrogen) atoms. The van der Waals surface area contributed by atoms with E-state index < -0.39 is 0 Å². The molecule has 0 bridgehead atoms. The molecule has 1 amide bonds. The molecule has 130 valence electrons. The first-order valence-corrected chi connectivity index (χ1v) is 8.84. The summed E-state index contributed by atoms with van der Waals surface area (Å²) < 4.78 is 3.63. The molecule has 3 rings (SSSR count). The zero-order valence-electron chi connectivity index (χ0n) is 14.3. The largest absolute Gasteiger partial charge is 0.310 e. The molecule has 0 aromatic carbocycles. The van der Waals surface area contributed by atoms with E-state index in [9.17, 15) is 4.79 Å². The minimum absolute atomic E-state index is 0.107. The average molecular weight is 357 g/mol. The second-order valence-corrected chi connectivity index (χ2v) is 6.36. The summed E-state index contributed by atoms with van der Waals surface area (Å²) in [6.45, 7) is 4.63. The van der Waals surface area contributed by atoms with Gasteiger partial charge in [-0.05, 0) is 26.0 Å². The molecule has 0 saturated carbocycles. The monoisotopic (exact) mass is 357 g/mol. The number of nitrogens with one attached hydrogen (secondary N) is 1. The van der Waals surface area contributed by atoms with Gasteiger partial charge in [-0.2, -0.15) is 5.10 Å². The van der Waals surface area contributed by atoms with Gasteiger partial charge in [0.2, 0.25) is 5.91 Å². The second kappa shape index (κ2) is 7.47. The van der Waals surface area contributed by atoms with Crippen molar-refractivity contribution in [2.45, 2.75) is 25.5 Å². The molecular formula is C16H19N7OS. The first-order chi connectivity index (χ1) is 12.1. The van der Waals surface area contributed by atoms with Crippen molar-refractivity contribution in [2.75, 3.05) is 11.1 Å². The third kappa shape index (κ3) is 3.87. The van der Waals surface area contributed by atoms with Crippen LogP contribution in [0, 0.1) is 6.92 Å². The Balaban J connectivity index is 1.68. The summed E-state index contributed by atoms with van der Waals surface area (Å²) >= 11 is 1.36. The number of hydrogen-bond donors (Lipinski definition) is 1. The molecule has 0 aliphatic carbocycles. The van der Waals surface area contributed by atoms with E-state index >= 15 is 0 Å². The van der Waals surface area contributed by atoms with Crippen LogP contribution in [0.15, 0.2) is 35.7 Å². The highest BCUT2D eigenvalue weighted by molar-refractivity contribution is 7.99. The molecule has 0 atom stereocenters. The topological polar surface area (TPSA) is 90.5 Å². The van der Waals surface area contributed by atoms with Crippen LogP contribution in [-0.4, -0.2) is 41.2 Å². The van der Waals surface area contributed by atoms with E-state index in [1.54, 1.807) is 24.1 Å². The van der Waals surface area contributed by atoms with Crippen molar-refractivity contribution in [3.63, 3.8) is 0 Å². The molecule has 8 nitrogen and oxygen atoms in total. The van der Waals surface area contributed by atoms with Crippen LogP contribution >= 0.6 is 11.8 Å². The van der Waals surface area contributed by atoms with Gasteiger partial charge in [0.05, 0.1) is 11.4 Å². The summed E-state index contributed by atoms with van der Waals surface area (Å²) in [6.07, 6.45) is 3.44. The van der Waals surface area contributed by atoms with Crippen molar-refractivity contribution in [2.24, 2.45) is 7.05 Å². The first-order valence-electron chi connectivity index (χ1n) is 7.85. The lowest BCUT2D eigenvalue weighted by Gasteiger charge is -2.07. The van der Waals surface area contributed by atoms with Gasteiger partial charge in [-0.1, -0.05) is 11.8 Å². The fourth-order valence-electron chi connectivity index (χ4n) is 2.43. The minimum Gasteiger partial charge on any atom is -0.310 e. The molecule has 3 aromatic rings. The van der Waals surface area contributed by atoms with Crippen LogP contribution in [0.1, 0.15) is 12.6 Å². The highest BCUT2D eigenvalue weighted by atomic mass is 32.2. The molecule has 0 spiro atoms. The number of nitrogens with zero attached hydrogens (tertiary/aromatic N) is 6. The van der Waals surface area contributed by atoms with E-state index in [0.717, 1.165) is 23.6 Å². The smallest absolute Gasteiger partial charge is 0.235 e. The lowest BCUT2D eigenvalue weighted by Crippen LogP contribution is -2.16. The fraction of sp³-hybridized carbons (Fsp3) is 0.312. The van der Waals surface area contributed by atoms with Crippen molar-refractivity contribution in [1.29, 1.82) is 0 Å². The quantitative estimate of drug-likeness (QED) is 0.680. The zero-order chi connectivity index (χ0) is 17.8. The SMILES string of the molecule is CCn1c(SCC(=O)Nc2cc(C)nn2C)nnc1-c1ccncc1. The highest BCUT2D eigenvalue weighted by Gasteiger charge is 2.15. The van der Waals surface area contributed by atoms with E-state index in [1.807, 2.05) is 36.6 Å². The number of carbonyl (C=O) groups excluding carboxylic acids is 1. The molecule has 0 saturated heterocycles. The summed E-state index contributed by atoms with van der Waals surface area (Å²) in [4.78, 5) is 16.2. The maximum Gasteiger partial charge on any atom is 0.235 e. The van der Waals surface area contributed by atoms with Crippen molar-refractivity contribution in [1.82, 2.24) is 29.5 Å². The van der Waals surface area contributed by atoms with E-state index in [1.165, 1.54) is 11.8 Å². The lowest BCUT2D eigenvalue weighted by molar-refractivity contribution is -0.113. The molecule has 0 radical (unpaired) electrons. The lowest BCUT2D eigenvalue weighted by atomic mass is 10.2. The second-order valence-electron chi connectivity index (χ2n) is 5.42. The van der Waals surface area contributed by atoms with Crippen LogP contribution in [0.4, 0.5) is 5.82 Å². The van der Waals surface area contributed by atoms with Crippen molar-refractivity contribution < 1.29 is 4.79 Å². The Hall–Kier alpha value is -2.68. The maximum absolute atomic E-state index is 12.2. The molecule has 9 heteroatoms. The third-order valence-electron chi connectivity index (χ3n) is 3.57. The number of hydrogen-bond acceptors (Lipinski definition) is 6. The number of thioether (sulfide) groups is 1. The molecule has 0 fully saturated rings. The van der Waals surface area contributed by atoms with Gasteiger partial charge in [-0.3, -0.25) is 14.5 Å². The first kappa shape index (κ1) is 17.2. The number of rotatable bonds is 6. The molecular weight excluding hydrogens is 338 g/mol. The fourth-order valence-corrected chi connectivity index (χ4v) is 3.23. The number of anilines is 1. The summed E-state index contributed by atoms with van der Waals surface area (Å²) in [5.74, 6) is 1.59. The number of pyridine rings is 1. The van der Waals surface area contributed by atoms with Crippen LogP contribution in [0.2, 0.25) is 0 Å². The van der Waals surface area contributed by atoms with Crippen molar-refractivity contribution in [3.05, 3.63) is 36.3 Å². The molecule has 0 aliphatic heterocycles. The maximum atomic E-state index is 12.2. The van der Waals surface area contributed by atoms with Gasteiger partial charge < -0.3 is 9.88 Å². The Kier molecular flexibility index (Phi) is 5.13. The number of aromatic nitrogens is 6.